The molecule has 0 unspecified atom stereocenters. The van der Waals surface area contributed by atoms with Crippen LogP contribution in [0.2, 0.25) is 0 Å². The molecule has 2 amide bonds. The van der Waals surface area contributed by atoms with Crippen molar-refractivity contribution in [1.82, 2.24) is 16.0 Å². The van der Waals surface area contributed by atoms with E-state index in [0.717, 1.165) is 0 Å². The molecule has 132 valence electrons. The van der Waals surface area contributed by atoms with Gasteiger partial charge in [-0.15, -0.1) is 0 Å². The number of hydrogen-bond acceptors (Lipinski definition) is 4. The number of carbonyl (C=O) groups excluding carboxylic acids is 2. The number of amides is 2. The Morgan fingerprint density at radius 1 is 1.26 bits per heavy atom. The zero-order valence-corrected chi connectivity index (χ0v) is 14.1. The van der Waals surface area contributed by atoms with Gasteiger partial charge in [-0.3, -0.25) is 9.59 Å². The summed E-state index contributed by atoms with van der Waals surface area (Å²) in [6, 6.07) is -1.48. The van der Waals surface area contributed by atoms with Gasteiger partial charge < -0.3 is 21.1 Å². The van der Waals surface area contributed by atoms with Gasteiger partial charge in [-0.05, 0) is 44.7 Å². The number of piperidine rings is 1. The highest BCUT2D eigenvalue weighted by atomic mass is 16.4. The highest BCUT2D eigenvalue weighted by Crippen LogP contribution is 2.09. The zero-order valence-electron chi connectivity index (χ0n) is 14.1. The van der Waals surface area contributed by atoms with Crippen LogP contribution in [0.5, 0.6) is 0 Å². The normalized spacial score (nSPS) is 21.9. The molecule has 0 saturated carbocycles. The number of carboxylic acid groups (broad SMARTS) is 1. The fourth-order valence-corrected chi connectivity index (χ4v) is 2.58. The van der Waals surface area contributed by atoms with Crippen LogP contribution in [0.25, 0.3) is 0 Å². The van der Waals surface area contributed by atoms with Crippen LogP contribution in [0.3, 0.4) is 0 Å². The molecule has 0 bridgehead atoms. The summed E-state index contributed by atoms with van der Waals surface area (Å²) in [6.45, 7) is 6.28. The summed E-state index contributed by atoms with van der Waals surface area (Å²) in [7, 11) is 0. The third kappa shape index (κ3) is 7.97. The summed E-state index contributed by atoms with van der Waals surface area (Å²) < 4.78 is 0. The maximum Gasteiger partial charge on any atom is 0.326 e. The molecule has 0 aromatic heterocycles. The fraction of sp³-hybridized carbons (Fsp3) is 0.812. The van der Waals surface area contributed by atoms with Crippen LogP contribution < -0.4 is 16.0 Å². The highest BCUT2D eigenvalue weighted by Gasteiger charge is 2.30. The number of nitrogens with one attached hydrogen (secondary N) is 3. The molecular weight excluding hydrogens is 298 g/mol. The monoisotopic (exact) mass is 327 g/mol. The Labute approximate surface area is 137 Å². The SMILES string of the molecule is C1CCNCC1.CC(C)C[C@H](NC(=O)[C@@H]1CCC(=O)N1)C(=O)O. The van der Waals surface area contributed by atoms with Crippen molar-refractivity contribution in [1.29, 1.82) is 0 Å². The average Bonchev–Trinajstić information content (AvgIpc) is 2.95. The molecule has 2 aliphatic heterocycles. The van der Waals surface area contributed by atoms with Crippen molar-refractivity contribution in [2.24, 2.45) is 5.92 Å². The summed E-state index contributed by atoms with van der Waals surface area (Å²) >= 11 is 0. The van der Waals surface area contributed by atoms with Crippen molar-refractivity contribution in [2.45, 2.75) is 64.5 Å². The molecule has 0 spiro atoms. The minimum Gasteiger partial charge on any atom is -0.480 e. The van der Waals surface area contributed by atoms with E-state index in [4.69, 9.17) is 5.11 Å². The van der Waals surface area contributed by atoms with Crippen LogP contribution >= 0.6 is 0 Å². The predicted molar refractivity (Wildman–Crippen MR) is 86.9 cm³/mol. The molecule has 23 heavy (non-hydrogen) atoms. The molecule has 0 aromatic carbocycles. The second-order valence-corrected chi connectivity index (χ2v) is 6.50. The molecular formula is C16H29N3O4. The van der Waals surface area contributed by atoms with Crippen LogP contribution in [0, 0.1) is 5.92 Å². The molecule has 2 fully saturated rings. The van der Waals surface area contributed by atoms with Crippen molar-refractivity contribution >= 4 is 17.8 Å². The van der Waals surface area contributed by atoms with E-state index in [2.05, 4.69) is 16.0 Å². The first-order valence-electron chi connectivity index (χ1n) is 8.43. The van der Waals surface area contributed by atoms with Gasteiger partial charge in [-0.1, -0.05) is 20.3 Å². The maximum absolute atomic E-state index is 11.7. The van der Waals surface area contributed by atoms with Gasteiger partial charge in [-0.25, -0.2) is 4.79 Å². The van der Waals surface area contributed by atoms with Crippen molar-refractivity contribution in [3.05, 3.63) is 0 Å². The van der Waals surface area contributed by atoms with Gasteiger partial charge in [0.25, 0.3) is 0 Å². The predicted octanol–water partition coefficient (Wildman–Crippen LogP) is 0.640. The van der Waals surface area contributed by atoms with Crippen LogP contribution in [0.1, 0.15) is 52.4 Å². The van der Waals surface area contributed by atoms with Gasteiger partial charge in [0.2, 0.25) is 11.8 Å². The summed E-state index contributed by atoms with van der Waals surface area (Å²) in [6.07, 6.45) is 5.34. The first-order valence-corrected chi connectivity index (χ1v) is 8.43. The molecule has 2 aliphatic rings. The topological polar surface area (TPSA) is 108 Å². The van der Waals surface area contributed by atoms with Crippen LogP contribution in [0.15, 0.2) is 0 Å². The van der Waals surface area contributed by atoms with Crippen molar-refractivity contribution in [3.8, 4) is 0 Å². The van der Waals surface area contributed by atoms with E-state index in [1.807, 2.05) is 13.8 Å². The third-order valence-corrected chi connectivity index (χ3v) is 3.84. The van der Waals surface area contributed by atoms with E-state index >= 15 is 0 Å². The number of aliphatic carboxylic acids is 1. The Balaban J connectivity index is 0.000000366. The second-order valence-electron chi connectivity index (χ2n) is 6.50. The lowest BCUT2D eigenvalue weighted by Gasteiger charge is -2.18. The van der Waals surface area contributed by atoms with Crippen LogP contribution in [0.4, 0.5) is 0 Å². The summed E-state index contributed by atoms with van der Waals surface area (Å²) in [5, 5.41) is 17.2. The van der Waals surface area contributed by atoms with Gasteiger partial charge in [0.05, 0.1) is 0 Å². The molecule has 0 radical (unpaired) electrons. The molecule has 7 heteroatoms. The van der Waals surface area contributed by atoms with E-state index in [0.29, 0.717) is 19.3 Å². The lowest BCUT2D eigenvalue weighted by molar-refractivity contribution is -0.142. The summed E-state index contributed by atoms with van der Waals surface area (Å²) in [5.74, 6) is -1.45. The first kappa shape index (κ1) is 19.4. The van der Waals surface area contributed by atoms with E-state index in [-0.39, 0.29) is 11.8 Å². The molecule has 2 heterocycles. The number of carboxylic acids is 1. The Morgan fingerprint density at radius 3 is 2.26 bits per heavy atom. The Kier molecular flexibility index (Phi) is 8.61. The molecule has 2 atom stereocenters. The maximum atomic E-state index is 11.7. The van der Waals surface area contributed by atoms with Crippen molar-refractivity contribution in [2.75, 3.05) is 13.1 Å². The summed E-state index contributed by atoms with van der Waals surface area (Å²) in [4.78, 5) is 33.6. The lowest BCUT2D eigenvalue weighted by atomic mass is 10.0. The molecule has 2 rings (SSSR count). The fourth-order valence-electron chi connectivity index (χ4n) is 2.58. The van der Waals surface area contributed by atoms with E-state index < -0.39 is 24.0 Å². The number of carbonyl (C=O) groups is 3. The number of rotatable bonds is 5. The van der Waals surface area contributed by atoms with E-state index in [1.54, 1.807) is 0 Å². The molecule has 2 saturated heterocycles. The van der Waals surface area contributed by atoms with Gasteiger partial charge >= 0.3 is 5.97 Å². The smallest absolute Gasteiger partial charge is 0.326 e. The standard InChI is InChI=1S/C11H18N2O4.C5H11N/c1-6(2)5-8(11(16)17)13-10(15)7-3-4-9(14)12-7;1-2-4-6-5-3-1/h6-8H,3-5H2,1-2H3,(H,12,14)(H,13,15)(H,16,17);6H,1-5H2/t7-,8-;/m0./s1. The molecule has 0 aromatic rings. The average molecular weight is 327 g/mol. The van der Waals surface area contributed by atoms with E-state index in [9.17, 15) is 14.4 Å². The minimum atomic E-state index is -1.05. The van der Waals surface area contributed by atoms with E-state index in [1.165, 1.54) is 32.4 Å². The second kappa shape index (κ2) is 10.2. The highest BCUT2D eigenvalue weighted by molar-refractivity contribution is 5.92. The third-order valence-electron chi connectivity index (χ3n) is 3.84. The molecule has 4 N–H and O–H groups in total. The largest absolute Gasteiger partial charge is 0.480 e. The van der Waals surface area contributed by atoms with Gasteiger partial charge in [0.1, 0.15) is 12.1 Å². The van der Waals surface area contributed by atoms with Crippen molar-refractivity contribution < 1.29 is 19.5 Å². The molecule has 7 nitrogen and oxygen atoms in total. The van der Waals surface area contributed by atoms with Gasteiger partial charge in [-0.2, -0.15) is 0 Å². The zero-order chi connectivity index (χ0) is 17.2. The van der Waals surface area contributed by atoms with Crippen LogP contribution in [-0.2, 0) is 14.4 Å². The lowest BCUT2D eigenvalue weighted by Crippen LogP contribution is -2.49. The molecule has 0 aliphatic carbocycles. The quantitative estimate of drug-likeness (QED) is 0.593. The van der Waals surface area contributed by atoms with Gasteiger partial charge in [0.15, 0.2) is 0 Å². The van der Waals surface area contributed by atoms with Crippen molar-refractivity contribution in [3.63, 3.8) is 0 Å². The Hall–Kier alpha value is -1.63. The van der Waals surface area contributed by atoms with Gasteiger partial charge in [0, 0.05) is 6.42 Å². The number of hydrogen-bond donors (Lipinski definition) is 4. The summed E-state index contributed by atoms with van der Waals surface area (Å²) in [5.41, 5.74) is 0. The first-order chi connectivity index (χ1) is 10.9. The Bertz CT molecular complexity index is 397. The Morgan fingerprint density at radius 2 is 1.91 bits per heavy atom. The minimum absolute atomic E-state index is 0.166. The van der Waals surface area contributed by atoms with Crippen LogP contribution in [-0.4, -0.2) is 48.1 Å².